The highest BCUT2D eigenvalue weighted by molar-refractivity contribution is 7.91. The number of amides is 2. The van der Waals surface area contributed by atoms with Crippen molar-refractivity contribution in [3.8, 4) is 0 Å². The van der Waals surface area contributed by atoms with Gasteiger partial charge in [0.15, 0.2) is 9.84 Å². The van der Waals surface area contributed by atoms with Crippen molar-refractivity contribution in [1.29, 1.82) is 0 Å². The lowest BCUT2D eigenvalue weighted by Crippen LogP contribution is -2.50. The van der Waals surface area contributed by atoms with Crippen molar-refractivity contribution in [3.63, 3.8) is 0 Å². The van der Waals surface area contributed by atoms with E-state index in [0.717, 1.165) is 5.69 Å². The van der Waals surface area contributed by atoms with Gasteiger partial charge in [-0.15, -0.1) is 0 Å². The molecule has 30 heavy (non-hydrogen) atoms. The molecule has 0 radical (unpaired) electrons. The molecule has 0 aromatic carbocycles. The van der Waals surface area contributed by atoms with Crippen molar-refractivity contribution >= 4 is 27.7 Å². The van der Waals surface area contributed by atoms with Crippen LogP contribution < -0.4 is 5.32 Å². The Morgan fingerprint density at radius 3 is 2.57 bits per heavy atom. The van der Waals surface area contributed by atoms with Gasteiger partial charge in [-0.05, 0) is 19.3 Å². The second-order valence-electron chi connectivity index (χ2n) is 8.45. The summed E-state index contributed by atoms with van der Waals surface area (Å²) < 4.78 is 30.5. The number of aryl methyl sites for hydroxylation is 1. The van der Waals surface area contributed by atoms with E-state index in [-0.39, 0.29) is 36.1 Å². The first-order chi connectivity index (χ1) is 14.1. The summed E-state index contributed by atoms with van der Waals surface area (Å²) >= 11 is 0. The standard InChI is InChI=1S/C19H31N5O5S/c1-14(2)12-29-19(26)23-7-5-22(6-8-23)11-18(25)20-17-10-15(3)21-24(17)16-4-9-30(27,28)13-16/h10,14,16H,4-9,11-13H2,1-3H3,(H,20,25). The number of piperazine rings is 1. The van der Waals surface area contributed by atoms with Gasteiger partial charge in [-0.1, -0.05) is 13.8 Å². The third kappa shape index (κ3) is 5.94. The molecule has 0 spiro atoms. The van der Waals surface area contributed by atoms with Crippen molar-refractivity contribution in [2.45, 2.75) is 33.2 Å². The number of rotatable bonds is 6. The number of anilines is 1. The quantitative estimate of drug-likeness (QED) is 0.698. The third-order valence-corrected chi connectivity index (χ3v) is 6.97. The molecule has 2 amide bonds. The highest BCUT2D eigenvalue weighted by atomic mass is 32.2. The van der Waals surface area contributed by atoms with Gasteiger partial charge in [0.25, 0.3) is 0 Å². The smallest absolute Gasteiger partial charge is 0.409 e. The third-order valence-electron chi connectivity index (χ3n) is 5.22. The number of hydrogen-bond donors (Lipinski definition) is 1. The van der Waals surface area contributed by atoms with Crippen LogP contribution >= 0.6 is 0 Å². The molecule has 2 fully saturated rings. The zero-order valence-electron chi connectivity index (χ0n) is 17.8. The lowest BCUT2D eigenvalue weighted by molar-refractivity contribution is -0.117. The van der Waals surface area contributed by atoms with Crippen LogP contribution in [0, 0.1) is 12.8 Å². The van der Waals surface area contributed by atoms with Gasteiger partial charge in [-0.2, -0.15) is 5.10 Å². The van der Waals surface area contributed by atoms with Crippen LogP contribution in [-0.2, 0) is 19.4 Å². The van der Waals surface area contributed by atoms with Crippen molar-refractivity contribution in [1.82, 2.24) is 19.6 Å². The fraction of sp³-hybridized carbons (Fsp3) is 0.737. The van der Waals surface area contributed by atoms with Crippen LogP contribution in [0.2, 0.25) is 0 Å². The molecule has 1 aromatic rings. The van der Waals surface area contributed by atoms with Gasteiger partial charge in [0.1, 0.15) is 5.82 Å². The number of hydrogen-bond acceptors (Lipinski definition) is 7. The molecular weight excluding hydrogens is 410 g/mol. The minimum atomic E-state index is -3.05. The van der Waals surface area contributed by atoms with Crippen molar-refractivity contribution < 1.29 is 22.7 Å². The van der Waals surface area contributed by atoms with E-state index in [4.69, 9.17) is 4.74 Å². The van der Waals surface area contributed by atoms with Gasteiger partial charge < -0.3 is 15.0 Å². The van der Waals surface area contributed by atoms with Crippen LogP contribution in [0.3, 0.4) is 0 Å². The average molecular weight is 442 g/mol. The van der Waals surface area contributed by atoms with Crippen LogP contribution in [0.15, 0.2) is 6.07 Å². The fourth-order valence-electron chi connectivity index (χ4n) is 3.66. The molecule has 1 unspecified atom stereocenters. The first-order valence-electron chi connectivity index (χ1n) is 10.3. The maximum Gasteiger partial charge on any atom is 0.409 e. The first-order valence-corrected chi connectivity index (χ1v) is 12.2. The highest BCUT2D eigenvalue weighted by Crippen LogP contribution is 2.27. The first kappa shape index (κ1) is 22.5. The predicted molar refractivity (Wildman–Crippen MR) is 112 cm³/mol. The molecule has 10 nitrogen and oxygen atoms in total. The Bertz CT molecular complexity index is 874. The van der Waals surface area contributed by atoms with Gasteiger partial charge in [-0.25, -0.2) is 17.9 Å². The Labute approximate surface area is 177 Å². The van der Waals surface area contributed by atoms with E-state index in [1.54, 1.807) is 15.6 Å². The lowest BCUT2D eigenvalue weighted by atomic mass is 10.2. The summed E-state index contributed by atoms with van der Waals surface area (Å²) in [7, 11) is -3.05. The Morgan fingerprint density at radius 2 is 1.97 bits per heavy atom. The Morgan fingerprint density at radius 1 is 1.27 bits per heavy atom. The van der Waals surface area contributed by atoms with E-state index in [1.165, 1.54) is 0 Å². The number of aromatic nitrogens is 2. The number of sulfone groups is 1. The maximum atomic E-state index is 12.6. The molecule has 0 saturated carbocycles. The molecule has 1 N–H and O–H groups in total. The molecule has 1 atom stereocenters. The maximum absolute atomic E-state index is 12.6. The van der Waals surface area contributed by atoms with Gasteiger partial charge >= 0.3 is 6.09 Å². The number of nitrogens with zero attached hydrogens (tertiary/aromatic N) is 4. The van der Waals surface area contributed by atoms with E-state index >= 15 is 0 Å². The number of nitrogens with one attached hydrogen (secondary N) is 1. The number of carbonyl (C=O) groups is 2. The summed E-state index contributed by atoms with van der Waals surface area (Å²) in [6, 6.07) is 1.50. The van der Waals surface area contributed by atoms with Crippen LogP contribution in [0.4, 0.5) is 10.6 Å². The van der Waals surface area contributed by atoms with E-state index in [1.807, 2.05) is 25.7 Å². The molecule has 1 aromatic heterocycles. The van der Waals surface area contributed by atoms with Crippen LogP contribution in [0.1, 0.15) is 32.0 Å². The summed E-state index contributed by atoms with van der Waals surface area (Å²) in [6.07, 6.45) is 0.194. The zero-order valence-corrected chi connectivity index (χ0v) is 18.7. The summed E-state index contributed by atoms with van der Waals surface area (Å²) in [5, 5.41) is 7.25. The zero-order chi connectivity index (χ0) is 21.9. The second kappa shape index (κ2) is 9.34. The summed E-state index contributed by atoms with van der Waals surface area (Å²) in [5.41, 5.74) is 0.725. The Balaban J connectivity index is 1.50. The monoisotopic (exact) mass is 441 g/mol. The lowest BCUT2D eigenvalue weighted by Gasteiger charge is -2.33. The van der Waals surface area contributed by atoms with E-state index in [2.05, 4.69) is 10.4 Å². The van der Waals surface area contributed by atoms with Crippen molar-refractivity contribution in [2.24, 2.45) is 5.92 Å². The van der Waals surface area contributed by atoms with Gasteiger partial charge in [-0.3, -0.25) is 9.69 Å². The largest absolute Gasteiger partial charge is 0.449 e. The second-order valence-corrected chi connectivity index (χ2v) is 10.7. The summed E-state index contributed by atoms with van der Waals surface area (Å²) in [6.45, 7) is 8.59. The highest BCUT2D eigenvalue weighted by Gasteiger charge is 2.31. The SMILES string of the molecule is Cc1cc(NC(=O)CN2CCN(C(=O)OCC(C)C)CC2)n(C2CCS(=O)(=O)C2)n1. The van der Waals surface area contributed by atoms with Crippen LogP contribution in [0.25, 0.3) is 0 Å². The minimum absolute atomic E-state index is 0.0475. The molecular formula is C19H31N5O5S. The molecule has 168 valence electrons. The molecule has 11 heteroatoms. The Kier molecular flexibility index (Phi) is 7.02. The van der Waals surface area contributed by atoms with Gasteiger partial charge in [0, 0.05) is 32.2 Å². The van der Waals surface area contributed by atoms with Crippen molar-refractivity contribution in [2.75, 3.05) is 56.2 Å². The molecule has 0 aliphatic carbocycles. The normalized spacial score (nSPS) is 21.7. The van der Waals surface area contributed by atoms with E-state index in [0.29, 0.717) is 50.9 Å². The molecule has 2 saturated heterocycles. The van der Waals surface area contributed by atoms with Crippen LogP contribution in [-0.4, -0.2) is 90.8 Å². The van der Waals surface area contributed by atoms with Crippen LogP contribution in [0.5, 0.6) is 0 Å². The fourth-order valence-corrected chi connectivity index (χ4v) is 5.35. The predicted octanol–water partition coefficient (Wildman–Crippen LogP) is 0.900. The van der Waals surface area contributed by atoms with Crippen molar-refractivity contribution in [3.05, 3.63) is 11.8 Å². The molecule has 2 aliphatic rings. The van der Waals surface area contributed by atoms with E-state index < -0.39 is 9.84 Å². The summed E-state index contributed by atoms with van der Waals surface area (Å²) in [4.78, 5) is 28.2. The van der Waals surface area contributed by atoms with E-state index in [9.17, 15) is 18.0 Å². The number of ether oxygens (including phenoxy) is 1. The average Bonchev–Trinajstić information content (AvgIpc) is 3.21. The number of carbonyl (C=O) groups excluding carboxylic acids is 2. The minimum Gasteiger partial charge on any atom is -0.449 e. The van der Waals surface area contributed by atoms with Gasteiger partial charge in [0.05, 0.1) is 36.4 Å². The molecule has 3 heterocycles. The molecule has 0 bridgehead atoms. The molecule has 3 rings (SSSR count). The summed E-state index contributed by atoms with van der Waals surface area (Å²) in [5.74, 6) is 0.823. The Hall–Kier alpha value is -2.14. The molecule has 2 aliphatic heterocycles. The van der Waals surface area contributed by atoms with Gasteiger partial charge in [0.2, 0.25) is 5.91 Å². The topological polar surface area (TPSA) is 114 Å².